The van der Waals surface area contributed by atoms with Crippen LogP contribution in [0.3, 0.4) is 0 Å². The zero-order valence-corrected chi connectivity index (χ0v) is 15.9. The molecule has 0 saturated carbocycles. The first-order valence-electron chi connectivity index (χ1n) is 9.92. The molecule has 1 fully saturated rings. The first-order valence-corrected chi connectivity index (χ1v) is 9.92. The van der Waals surface area contributed by atoms with Gasteiger partial charge in [0, 0.05) is 44.6 Å². The van der Waals surface area contributed by atoms with Gasteiger partial charge in [0.2, 0.25) is 11.9 Å². The highest BCUT2D eigenvalue weighted by Gasteiger charge is 2.31. The number of anilines is 1. The fraction of sp³-hybridized carbons (Fsp3) is 0.550. The van der Waals surface area contributed by atoms with Crippen LogP contribution in [-0.2, 0) is 17.8 Å². The van der Waals surface area contributed by atoms with Crippen molar-refractivity contribution in [1.82, 2.24) is 25.0 Å². The smallest absolute Gasteiger partial charge is 0.248 e. The summed E-state index contributed by atoms with van der Waals surface area (Å²) in [4.78, 5) is 19.4. The third kappa shape index (κ3) is 4.36. The normalized spacial score (nSPS) is 23.0. The molecule has 1 aromatic heterocycles. The van der Waals surface area contributed by atoms with E-state index < -0.39 is 0 Å². The van der Waals surface area contributed by atoms with Crippen molar-refractivity contribution < 1.29 is 4.79 Å². The fourth-order valence-corrected chi connectivity index (χ4v) is 4.10. The molecule has 4 rings (SSSR count). The van der Waals surface area contributed by atoms with E-state index in [9.17, 15) is 4.79 Å². The van der Waals surface area contributed by atoms with E-state index in [2.05, 4.69) is 32.5 Å². The van der Waals surface area contributed by atoms with Crippen molar-refractivity contribution in [3.8, 4) is 0 Å². The highest BCUT2D eigenvalue weighted by molar-refractivity contribution is 5.89. The van der Waals surface area contributed by atoms with Crippen LogP contribution in [0.25, 0.3) is 0 Å². The summed E-state index contributed by atoms with van der Waals surface area (Å²) in [7, 11) is 0. The third-order valence-electron chi connectivity index (χ3n) is 5.55. The van der Waals surface area contributed by atoms with Gasteiger partial charge in [0.05, 0.1) is 6.54 Å². The van der Waals surface area contributed by atoms with Crippen molar-refractivity contribution in [2.75, 3.05) is 31.5 Å². The van der Waals surface area contributed by atoms with Crippen molar-refractivity contribution in [2.24, 2.45) is 0 Å². The number of fused-ring (bicyclic) bond motifs is 1. The lowest BCUT2D eigenvalue weighted by Crippen LogP contribution is -2.51. The number of benzene rings is 1. The molecule has 2 aliphatic rings. The summed E-state index contributed by atoms with van der Waals surface area (Å²) in [6.07, 6.45) is 2.26. The summed E-state index contributed by atoms with van der Waals surface area (Å²) in [5.41, 5.74) is 1.16. The van der Waals surface area contributed by atoms with Crippen LogP contribution in [0.5, 0.6) is 0 Å². The molecule has 7 heteroatoms. The number of hydrogen-bond donors (Lipinski definition) is 2. The molecular weight excluding hydrogens is 340 g/mol. The molecule has 0 aliphatic carbocycles. The Morgan fingerprint density at radius 1 is 1.26 bits per heavy atom. The van der Waals surface area contributed by atoms with Crippen LogP contribution < -0.4 is 10.6 Å². The van der Waals surface area contributed by atoms with Crippen molar-refractivity contribution >= 4 is 11.9 Å². The van der Waals surface area contributed by atoms with E-state index in [0.717, 1.165) is 57.0 Å². The van der Waals surface area contributed by atoms with Gasteiger partial charge in [0.15, 0.2) is 0 Å². The van der Waals surface area contributed by atoms with E-state index in [1.807, 2.05) is 35.0 Å². The molecule has 0 spiro atoms. The first kappa shape index (κ1) is 18.1. The van der Waals surface area contributed by atoms with E-state index in [-0.39, 0.29) is 5.91 Å². The van der Waals surface area contributed by atoms with Crippen LogP contribution in [0.2, 0.25) is 0 Å². The Morgan fingerprint density at radius 3 is 2.81 bits per heavy atom. The van der Waals surface area contributed by atoms with Crippen molar-refractivity contribution in [3.63, 3.8) is 0 Å². The molecule has 1 amide bonds. The lowest BCUT2D eigenvalue weighted by Gasteiger charge is -2.38. The zero-order valence-electron chi connectivity index (χ0n) is 15.9. The predicted molar refractivity (Wildman–Crippen MR) is 105 cm³/mol. The molecule has 1 aromatic carbocycles. The summed E-state index contributed by atoms with van der Waals surface area (Å²) < 4.78 is 1.99. The SMILES string of the molecule is CC1CC(N2CCNCC2)Cn2nc(NC(=O)CCc3ccccc3)nc21. The number of nitrogens with one attached hydrogen (secondary N) is 2. The second kappa shape index (κ2) is 8.19. The summed E-state index contributed by atoms with van der Waals surface area (Å²) in [5, 5.41) is 10.9. The number of aryl methyl sites for hydroxylation is 1. The monoisotopic (exact) mass is 368 g/mol. The van der Waals surface area contributed by atoms with Gasteiger partial charge in [-0.2, -0.15) is 4.98 Å². The Labute approximate surface area is 160 Å². The van der Waals surface area contributed by atoms with Crippen LogP contribution in [0, 0.1) is 0 Å². The van der Waals surface area contributed by atoms with E-state index >= 15 is 0 Å². The summed E-state index contributed by atoms with van der Waals surface area (Å²) in [6.45, 7) is 7.34. The average molecular weight is 368 g/mol. The lowest BCUT2D eigenvalue weighted by atomic mass is 9.96. The van der Waals surface area contributed by atoms with E-state index in [1.54, 1.807) is 0 Å². The van der Waals surface area contributed by atoms with Crippen molar-refractivity contribution in [3.05, 3.63) is 41.7 Å². The molecule has 27 heavy (non-hydrogen) atoms. The number of nitrogens with zero attached hydrogens (tertiary/aromatic N) is 4. The zero-order chi connectivity index (χ0) is 18.6. The standard InChI is InChI=1S/C20H28N6O/c1-15-13-17(25-11-9-21-10-12-25)14-26-19(15)23-20(24-26)22-18(27)8-7-16-5-3-2-4-6-16/h2-6,15,17,21H,7-14H2,1H3,(H,22,24,27). The molecule has 2 atom stereocenters. The minimum absolute atomic E-state index is 0.0342. The van der Waals surface area contributed by atoms with Gasteiger partial charge in [-0.25, -0.2) is 4.68 Å². The van der Waals surface area contributed by atoms with E-state index in [4.69, 9.17) is 0 Å². The maximum absolute atomic E-state index is 12.3. The van der Waals surface area contributed by atoms with Gasteiger partial charge in [-0.1, -0.05) is 37.3 Å². The van der Waals surface area contributed by atoms with Crippen LogP contribution in [0.4, 0.5) is 5.95 Å². The van der Waals surface area contributed by atoms with E-state index in [0.29, 0.717) is 24.3 Å². The first-order chi connectivity index (χ1) is 13.2. The van der Waals surface area contributed by atoms with Gasteiger partial charge >= 0.3 is 0 Å². The van der Waals surface area contributed by atoms with Crippen LogP contribution >= 0.6 is 0 Å². The number of amides is 1. The maximum Gasteiger partial charge on any atom is 0.248 e. The van der Waals surface area contributed by atoms with Gasteiger partial charge in [0.1, 0.15) is 5.82 Å². The third-order valence-corrected chi connectivity index (χ3v) is 5.55. The van der Waals surface area contributed by atoms with Crippen molar-refractivity contribution in [1.29, 1.82) is 0 Å². The fourth-order valence-electron chi connectivity index (χ4n) is 4.10. The Morgan fingerprint density at radius 2 is 2.04 bits per heavy atom. The van der Waals surface area contributed by atoms with Crippen LogP contribution in [0.1, 0.15) is 37.1 Å². The van der Waals surface area contributed by atoms with E-state index in [1.165, 1.54) is 0 Å². The summed E-state index contributed by atoms with van der Waals surface area (Å²) in [5.74, 6) is 1.74. The topological polar surface area (TPSA) is 75.1 Å². The molecule has 2 unspecified atom stereocenters. The van der Waals surface area contributed by atoms with Gasteiger partial charge in [-0.05, 0) is 18.4 Å². The van der Waals surface area contributed by atoms with Crippen molar-refractivity contribution in [2.45, 2.75) is 44.7 Å². The highest BCUT2D eigenvalue weighted by atomic mass is 16.1. The Balaban J connectivity index is 1.36. The second-order valence-corrected chi connectivity index (χ2v) is 7.59. The number of piperazine rings is 1. The van der Waals surface area contributed by atoms with Gasteiger partial charge in [-0.15, -0.1) is 5.10 Å². The molecule has 0 radical (unpaired) electrons. The molecule has 0 bridgehead atoms. The number of rotatable bonds is 5. The number of carbonyl (C=O) groups is 1. The Bertz CT molecular complexity index is 768. The molecule has 144 valence electrons. The molecule has 2 N–H and O–H groups in total. The highest BCUT2D eigenvalue weighted by Crippen LogP contribution is 2.28. The minimum atomic E-state index is -0.0342. The lowest BCUT2D eigenvalue weighted by molar-refractivity contribution is -0.116. The van der Waals surface area contributed by atoms with Gasteiger partial charge in [-0.3, -0.25) is 15.0 Å². The average Bonchev–Trinajstić information content (AvgIpc) is 3.11. The Kier molecular flexibility index (Phi) is 5.50. The summed E-state index contributed by atoms with van der Waals surface area (Å²) >= 11 is 0. The summed E-state index contributed by atoms with van der Waals surface area (Å²) in [6, 6.07) is 10.6. The van der Waals surface area contributed by atoms with Gasteiger partial charge in [0.25, 0.3) is 0 Å². The number of hydrogen-bond acceptors (Lipinski definition) is 5. The number of carbonyl (C=O) groups excluding carboxylic acids is 1. The second-order valence-electron chi connectivity index (χ2n) is 7.59. The molecule has 2 aromatic rings. The molecular formula is C20H28N6O. The van der Waals surface area contributed by atoms with Gasteiger partial charge < -0.3 is 5.32 Å². The molecule has 3 heterocycles. The Hall–Kier alpha value is -2.25. The molecule has 2 aliphatic heterocycles. The molecule has 1 saturated heterocycles. The minimum Gasteiger partial charge on any atom is -0.314 e. The maximum atomic E-state index is 12.3. The van der Waals surface area contributed by atoms with Crippen LogP contribution in [-0.4, -0.2) is 57.8 Å². The predicted octanol–water partition coefficient (Wildman–Crippen LogP) is 1.63. The largest absolute Gasteiger partial charge is 0.314 e. The quantitative estimate of drug-likeness (QED) is 0.839. The van der Waals surface area contributed by atoms with Crippen LogP contribution in [0.15, 0.2) is 30.3 Å². The number of aromatic nitrogens is 3. The molecule has 7 nitrogen and oxygen atoms in total.